The van der Waals surface area contributed by atoms with Crippen LogP contribution in [0.2, 0.25) is 0 Å². The highest BCUT2D eigenvalue weighted by Crippen LogP contribution is 2.31. The summed E-state index contributed by atoms with van der Waals surface area (Å²) in [5.41, 5.74) is 5.58. The van der Waals surface area contributed by atoms with Gasteiger partial charge in [0.2, 0.25) is 0 Å². The lowest BCUT2D eigenvalue weighted by atomic mass is 9.98. The molecule has 0 amide bonds. The van der Waals surface area contributed by atoms with Crippen molar-refractivity contribution in [3.63, 3.8) is 0 Å². The van der Waals surface area contributed by atoms with Gasteiger partial charge in [-0.05, 0) is 12.8 Å². The van der Waals surface area contributed by atoms with Crippen LogP contribution >= 0.6 is 0 Å². The largest absolute Gasteiger partial charge is 0.363 e. The van der Waals surface area contributed by atoms with Crippen molar-refractivity contribution in [2.45, 2.75) is 31.2 Å². The van der Waals surface area contributed by atoms with E-state index in [-0.39, 0.29) is 11.1 Å². The topological polar surface area (TPSA) is 83.8 Å². The van der Waals surface area contributed by atoms with Crippen molar-refractivity contribution in [1.82, 2.24) is 9.97 Å². The quantitative estimate of drug-likeness (QED) is 0.673. The molecule has 0 aromatic carbocycles. The van der Waals surface area contributed by atoms with E-state index in [9.17, 15) is 4.79 Å². The Balaban J connectivity index is 2.16. The van der Waals surface area contributed by atoms with Crippen molar-refractivity contribution in [1.29, 1.82) is 0 Å². The third kappa shape index (κ3) is 2.18. The van der Waals surface area contributed by atoms with E-state index in [1.54, 1.807) is 0 Å². The Morgan fingerprint density at radius 2 is 2.27 bits per heavy atom. The minimum Gasteiger partial charge on any atom is -0.363 e. The van der Waals surface area contributed by atoms with Crippen LogP contribution in [0.25, 0.3) is 0 Å². The molecule has 1 aliphatic rings. The van der Waals surface area contributed by atoms with E-state index in [0.717, 1.165) is 12.8 Å². The molecule has 1 saturated carbocycles. The summed E-state index contributed by atoms with van der Waals surface area (Å²) in [5, 5.41) is 3.29. The number of aromatic nitrogens is 2. The molecule has 1 aromatic heterocycles. The van der Waals surface area contributed by atoms with E-state index in [2.05, 4.69) is 15.3 Å². The molecular formula is C10H16N4O. The van der Waals surface area contributed by atoms with Crippen molar-refractivity contribution in [2.24, 2.45) is 5.73 Å². The van der Waals surface area contributed by atoms with Crippen LogP contribution in [0.1, 0.15) is 25.7 Å². The van der Waals surface area contributed by atoms with Gasteiger partial charge in [0.05, 0.1) is 11.9 Å². The fourth-order valence-corrected chi connectivity index (χ4v) is 2.14. The van der Waals surface area contributed by atoms with Gasteiger partial charge in [0.25, 0.3) is 5.56 Å². The number of rotatable bonds is 3. The van der Waals surface area contributed by atoms with Gasteiger partial charge in [-0.1, -0.05) is 12.8 Å². The molecule has 0 radical (unpaired) electrons. The van der Waals surface area contributed by atoms with E-state index in [1.807, 2.05) is 0 Å². The molecule has 0 atom stereocenters. The maximum absolute atomic E-state index is 11.1. The fraction of sp³-hybridized carbons (Fsp3) is 0.600. The molecule has 0 bridgehead atoms. The zero-order valence-corrected chi connectivity index (χ0v) is 8.62. The first-order chi connectivity index (χ1) is 7.24. The second-order valence-corrected chi connectivity index (χ2v) is 4.11. The van der Waals surface area contributed by atoms with Gasteiger partial charge in [0, 0.05) is 12.6 Å². The summed E-state index contributed by atoms with van der Waals surface area (Å²) in [6.07, 6.45) is 5.89. The van der Waals surface area contributed by atoms with Crippen LogP contribution < -0.4 is 16.6 Å². The lowest BCUT2D eigenvalue weighted by Gasteiger charge is -2.29. The molecule has 1 fully saturated rings. The Labute approximate surface area is 88.1 Å². The van der Waals surface area contributed by atoms with Crippen molar-refractivity contribution < 1.29 is 0 Å². The van der Waals surface area contributed by atoms with Crippen LogP contribution in [0.4, 0.5) is 5.82 Å². The Hall–Kier alpha value is -1.36. The second kappa shape index (κ2) is 4.02. The molecule has 5 heteroatoms. The third-order valence-corrected chi connectivity index (χ3v) is 3.02. The predicted octanol–water partition coefficient (Wildman–Crippen LogP) is 0.453. The molecule has 0 spiro atoms. The molecule has 1 aliphatic carbocycles. The minimum absolute atomic E-state index is 0.0548. The summed E-state index contributed by atoms with van der Waals surface area (Å²) in [4.78, 5) is 17.7. The summed E-state index contributed by atoms with van der Waals surface area (Å²) < 4.78 is 0. The first kappa shape index (κ1) is 10.2. The van der Waals surface area contributed by atoms with E-state index in [4.69, 9.17) is 5.73 Å². The van der Waals surface area contributed by atoms with Crippen molar-refractivity contribution in [3.8, 4) is 0 Å². The number of aromatic amines is 1. The Kier molecular flexibility index (Phi) is 2.73. The summed E-state index contributed by atoms with van der Waals surface area (Å²) in [7, 11) is 0. The normalized spacial score (nSPS) is 19.0. The standard InChI is InChI=1S/C10H16N4O/c11-6-10(3-1-2-4-10)14-8-5-9(15)13-7-12-8/h5,7H,1-4,6,11H2,(H2,12,13,14,15). The summed E-state index contributed by atoms with van der Waals surface area (Å²) in [5.74, 6) is 0.617. The average Bonchev–Trinajstić information content (AvgIpc) is 2.67. The maximum Gasteiger partial charge on any atom is 0.252 e. The molecule has 82 valence electrons. The predicted molar refractivity (Wildman–Crippen MR) is 58.7 cm³/mol. The van der Waals surface area contributed by atoms with E-state index < -0.39 is 0 Å². The van der Waals surface area contributed by atoms with Gasteiger partial charge < -0.3 is 16.0 Å². The van der Waals surface area contributed by atoms with Crippen molar-refractivity contribution in [2.75, 3.05) is 11.9 Å². The van der Waals surface area contributed by atoms with Crippen LogP contribution in [0.15, 0.2) is 17.2 Å². The SMILES string of the molecule is NCC1(Nc2cc(=O)[nH]cn2)CCCC1. The third-order valence-electron chi connectivity index (χ3n) is 3.02. The summed E-state index contributed by atoms with van der Waals surface area (Å²) in [6, 6.07) is 1.47. The van der Waals surface area contributed by atoms with E-state index >= 15 is 0 Å². The molecule has 2 rings (SSSR count). The highest BCUT2D eigenvalue weighted by molar-refractivity contribution is 5.36. The number of H-pyrrole nitrogens is 1. The Morgan fingerprint density at radius 1 is 1.53 bits per heavy atom. The van der Waals surface area contributed by atoms with Crippen LogP contribution in [-0.2, 0) is 0 Å². The summed E-state index contributed by atoms with van der Waals surface area (Å²) in [6.45, 7) is 0.585. The van der Waals surface area contributed by atoms with Crippen LogP contribution in [0.3, 0.4) is 0 Å². The molecule has 1 heterocycles. The van der Waals surface area contributed by atoms with E-state index in [1.165, 1.54) is 25.2 Å². The number of anilines is 1. The number of nitrogens with two attached hydrogens (primary N) is 1. The van der Waals surface area contributed by atoms with Crippen molar-refractivity contribution in [3.05, 3.63) is 22.7 Å². The number of hydrogen-bond acceptors (Lipinski definition) is 4. The summed E-state index contributed by atoms with van der Waals surface area (Å²) >= 11 is 0. The monoisotopic (exact) mass is 208 g/mol. The number of nitrogens with zero attached hydrogens (tertiary/aromatic N) is 1. The highest BCUT2D eigenvalue weighted by Gasteiger charge is 2.32. The average molecular weight is 208 g/mol. The van der Waals surface area contributed by atoms with Gasteiger partial charge >= 0.3 is 0 Å². The van der Waals surface area contributed by atoms with Crippen LogP contribution in [-0.4, -0.2) is 22.1 Å². The number of nitrogens with one attached hydrogen (secondary N) is 2. The van der Waals surface area contributed by atoms with Gasteiger partial charge in [-0.15, -0.1) is 0 Å². The van der Waals surface area contributed by atoms with E-state index in [0.29, 0.717) is 12.4 Å². The molecule has 5 nitrogen and oxygen atoms in total. The zero-order chi connectivity index (χ0) is 10.7. The Bertz CT molecular complexity index is 381. The fourth-order valence-electron chi connectivity index (χ4n) is 2.14. The molecular weight excluding hydrogens is 192 g/mol. The van der Waals surface area contributed by atoms with Crippen molar-refractivity contribution >= 4 is 5.82 Å². The second-order valence-electron chi connectivity index (χ2n) is 4.11. The van der Waals surface area contributed by atoms with Gasteiger partial charge in [0.15, 0.2) is 0 Å². The maximum atomic E-state index is 11.1. The van der Waals surface area contributed by atoms with Gasteiger partial charge in [-0.25, -0.2) is 4.98 Å². The molecule has 4 N–H and O–H groups in total. The lowest BCUT2D eigenvalue weighted by molar-refractivity contribution is 0.491. The first-order valence-electron chi connectivity index (χ1n) is 5.27. The van der Waals surface area contributed by atoms with Crippen LogP contribution in [0.5, 0.6) is 0 Å². The molecule has 0 aliphatic heterocycles. The van der Waals surface area contributed by atoms with Gasteiger partial charge in [-0.2, -0.15) is 0 Å². The molecule has 15 heavy (non-hydrogen) atoms. The smallest absolute Gasteiger partial charge is 0.252 e. The molecule has 0 unspecified atom stereocenters. The first-order valence-corrected chi connectivity index (χ1v) is 5.27. The lowest BCUT2D eigenvalue weighted by Crippen LogP contribution is -2.43. The zero-order valence-electron chi connectivity index (χ0n) is 8.62. The van der Waals surface area contributed by atoms with Gasteiger partial charge in [0.1, 0.15) is 5.82 Å². The molecule has 1 aromatic rings. The minimum atomic E-state index is -0.141. The van der Waals surface area contributed by atoms with Gasteiger partial charge in [-0.3, -0.25) is 4.79 Å². The molecule has 0 saturated heterocycles. The number of hydrogen-bond donors (Lipinski definition) is 3. The highest BCUT2D eigenvalue weighted by atomic mass is 16.1. The Morgan fingerprint density at radius 3 is 2.87 bits per heavy atom. The van der Waals surface area contributed by atoms with Crippen LogP contribution in [0, 0.1) is 0 Å².